The molecule has 1 aliphatic rings. The van der Waals surface area contributed by atoms with Gasteiger partial charge in [0.15, 0.2) is 0 Å². The van der Waals surface area contributed by atoms with Gasteiger partial charge >= 0.3 is 0 Å². The Morgan fingerprint density at radius 2 is 2.15 bits per heavy atom. The number of carbonyl (C=O) groups excluding carboxylic acids is 2. The van der Waals surface area contributed by atoms with E-state index in [0.717, 1.165) is 32.4 Å². The minimum absolute atomic E-state index is 0.00512. The lowest BCUT2D eigenvalue weighted by atomic mass is 9.94. The molecule has 1 atom stereocenters. The van der Waals surface area contributed by atoms with E-state index in [0.29, 0.717) is 18.0 Å². The van der Waals surface area contributed by atoms with E-state index in [4.69, 9.17) is 0 Å². The molecule has 0 unspecified atom stereocenters. The minimum atomic E-state index is 0.00512. The molecule has 1 aliphatic heterocycles. The summed E-state index contributed by atoms with van der Waals surface area (Å²) in [6.45, 7) is 3.82. The highest BCUT2D eigenvalue weighted by molar-refractivity contribution is 5.94. The molecule has 0 aromatic carbocycles. The van der Waals surface area contributed by atoms with Crippen LogP contribution < -0.4 is 5.32 Å². The Labute approximate surface area is 119 Å². The van der Waals surface area contributed by atoms with Gasteiger partial charge in [0.05, 0.1) is 0 Å². The van der Waals surface area contributed by atoms with E-state index in [-0.39, 0.29) is 11.8 Å². The average Bonchev–Trinajstić information content (AvgIpc) is 2.47. The molecule has 1 aromatic rings. The van der Waals surface area contributed by atoms with Gasteiger partial charge < -0.3 is 10.2 Å². The number of likely N-dealkylation sites (tertiary alicyclic amines) is 1. The third-order valence-corrected chi connectivity index (χ3v) is 3.66. The SMILES string of the molecule is CC(=O)NCC[C@H]1CCCN(C(=O)c2ccncc2)C1. The van der Waals surface area contributed by atoms with Gasteiger partial charge in [-0.3, -0.25) is 14.6 Å². The molecule has 2 rings (SSSR count). The van der Waals surface area contributed by atoms with E-state index in [1.165, 1.54) is 6.92 Å². The van der Waals surface area contributed by atoms with Gasteiger partial charge in [-0.15, -0.1) is 0 Å². The molecule has 108 valence electrons. The molecule has 1 aromatic heterocycles. The summed E-state index contributed by atoms with van der Waals surface area (Å²) >= 11 is 0. The van der Waals surface area contributed by atoms with Gasteiger partial charge in [0.1, 0.15) is 0 Å². The summed E-state index contributed by atoms with van der Waals surface area (Å²) in [5.41, 5.74) is 0.697. The van der Waals surface area contributed by atoms with Crippen LogP contribution in [0.2, 0.25) is 0 Å². The molecule has 0 bridgehead atoms. The molecule has 2 heterocycles. The van der Waals surface area contributed by atoms with Crippen LogP contribution in [0, 0.1) is 5.92 Å². The van der Waals surface area contributed by atoms with Crippen LogP contribution in [-0.4, -0.2) is 41.3 Å². The molecule has 20 heavy (non-hydrogen) atoms. The lowest BCUT2D eigenvalue weighted by molar-refractivity contribution is -0.119. The van der Waals surface area contributed by atoms with E-state index < -0.39 is 0 Å². The number of carbonyl (C=O) groups is 2. The molecular formula is C15H21N3O2. The maximum Gasteiger partial charge on any atom is 0.253 e. The van der Waals surface area contributed by atoms with E-state index in [9.17, 15) is 9.59 Å². The highest BCUT2D eigenvalue weighted by Gasteiger charge is 2.24. The van der Waals surface area contributed by atoms with Crippen molar-refractivity contribution in [2.24, 2.45) is 5.92 Å². The van der Waals surface area contributed by atoms with Crippen molar-refractivity contribution in [1.82, 2.24) is 15.2 Å². The standard InChI is InChI=1S/C15H21N3O2/c1-12(19)17-9-4-13-3-2-10-18(11-13)15(20)14-5-7-16-8-6-14/h5-8,13H,2-4,9-11H2,1H3,(H,17,19)/t13-/m1/s1. The highest BCUT2D eigenvalue weighted by Crippen LogP contribution is 2.20. The molecule has 5 heteroatoms. The molecule has 1 saturated heterocycles. The van der Waals surface area contributed by atoms with Crippen LogP contribution in [0.3, 0.4) is 0 Å². The smallest absolute Gasteiger partial charge is 0.253 e. The number of hydrogen-bond donors (Lipinski definition) is 1. The number of nitrogens with zero attached hydrogens (tertiary/aromatic N) is 2. The predicted octanol–water partition coefficient (Wildman–Crippen LogP) is 1.46. The maximum atomic E-state index is 12.4. The predicted molar refractivity (Wildman–Crippen MR) is 76.2 cm³/mol. The topological polar surface area (TPSA) is 62.3 Å². The van der Waals surface area contributed by atoms with E-state index in [2.05, 4.69) is 10.3 Å². The first-order valence-corrected chi connectivity index (χ1v) is 7.10. The molecule has 5 nitrogen and oxygen atoms in total. The van der Waals surface area contributed by atoms with Crippen LogP contribution in [0.1, 0.15) is 36.5 Å². The summed E-state index contributed by atoms with van der Waals surface area (Å²) in [4.78, 5) is 29.1. The van der Waals surface area contributed by atoms with Gasteiger partial charge in [0.25, 0.3) is 5.91 Å². The zero-order valence-corrected chi connectivity index (χ0v) is 11.8. The summed E-state index contributed by atoms with van der Waals surface area (Å²) < 4.78 is 0. The Balaban J connectivity index is 1.87. The summed E-state index contributed by atoms with van der Waals surface area (Å²) in [6, 6.07) is 3.51. The lowest BCUT2D eigenvalue weighted by Crippen LogP contribution is -2.40. The van der Waals surface area contributed by atoms with Crippen molar-refractivity contribution in [1.29, 1.82) is 0 Å². The number of nitrogens with one attached hydrogen (secondary N) is 1. The van der Waals surface area contributed by atoms with E-state index >= 15 is 0 Å². The van der Waals surface area contributed by atoms with Crippen molar-refractivity contribution >= 4 is 11.8 Å². The summed E-state index contributed by atoms with van der Waals surface area (Å²) in [5, 5.41) is 2.82. The number of amides is 2. The van der Waals surface area contributed by atoms with Crippen molar-refractivity contribution in [2.75, 3.05) is 19.6 Å². The molecule has 2 amide bonds. The Kier molecular flexibility index (Phi) is 5.09. The number of piperidine rings is 1. The molecule has 1 N–H and O–H groups in total. The summed E-state index contributed by atoms with van der Waals surface area (Å²) in [5.74, 6) is 0.559. The fourth-order valence-corrected chi connectivity index (χ4v) is 2.61. The second-order valence-corrected chi connectivity index (χ2v) is 5.27. The van der Waals surface area contributed by atoms with Crippen LogP contribution >= 0.6 is 0 Å². The van der Waals surface area contributed by atoms with Crippen LogP contribution in [-0.2, 0) is 4.79 Å². The third kappa shape index (κ3) is 4.05. The number of rotatable bonds is 4. The van der Waals surface area contributed by atoms with Crippen molar-refractivity contribution in [3.8, 4) is 0 Å². The van der Waals surface area contributed by atoms with Crippen LogP contribution in [0.25, 0.3) is 0 Å². The lowest BCUT2D eigenvalue weighted by Gasteiger charge is -2.33. The molecule has 1 fully saturated rings. The Morgan fingerprint density at radius 1 is 1.40 bits per heavy atom. The number of pyridine rings is 1. The second-order valence-electron chi connectivity index (χ2n) is 5.27. The minimum Gasteiger partial charge on any atom is -0.356 e. The van der Waals surface area contributed by atoms with Crippen LogP contribution in [0.5, 0.6) is 0 Å². The van der Waals surface area contributed by atoms with Gasteiger partial charge in [0.2, 0.25) is 5.91 Å². The highest BCUT2D eigenvalue weighted by atomic mass is 16.2. The zero-order valence-electron chi connectivity index (χ0n) is 11.8. The van der Waals surface area contributed by atoms with Crippen molar-refractivity contribution in [3.05, 3.63) is 30.1 Å². The first-order valence-electron chi connectivity index (χ1n) is 7.10. The first kappa shape index (κ1) is 14.5. The zero-order chi connectivity index (χ0) is 14.4. The largest absolute Gasteiger partial charge is 0.356 e. The molecule has 0 saturated carbocycles. The normalized spacial score (nSPS) is 18.6. The van der Waals surface area contributed by atoms with Gasteiger partial charge in [-0.1, -0.05) is 0 Å². The Bertz CT molecular complexity index is 461. The Morgan fingerprint density at radius 3 is 2.85 bits per heavy atom. The quantitative estimate of drug-likeness (QED) is 0.905. The fraction of sp³-hybridized carbons (Fsp3) is 0.533. The van der Waals surface area contributed by atoms with Crippen LogP contribution in [0.4, 0.5) is 0 Å². The van der Waals surface area contributed by atoms with Gasteiger partial charge in [-0.2, -0.15) is 0 Å². The number of aromatic nitrogens is 1. The summed E-state index contributed by atoms with van der Waals surface area (Å²) in [7, 11) is 0. The van der Waals surface area contributed by atoms with Crippen molar-refractivity contribution in [3.63, 3.8) is 0 Å². The van der Waals surface area contributed by atoms with E-state index in [1.807, 2.05) is 4.90 Å². The van der Waals surface area contributed by atoms with Crippen LogP contribution in [0.15, 0.2) is 24.5 Å². The van der Waals surface area contributed by atoms with Gasteiger partial charge in [-0.05, 0) is 37.3 Å². The van der Waals surface area contributed by atoms with E-state index in [1.54, 1.807) is 24.5 Å². The third-order valence-electron chi connectivity index (χ3n) is 3.66. The van der Waals surface area contributed by atoms with Crippen molar-refractivity contribution < 1.29 is 9.59 Å². The summed E-state index contributed by atoms with van der Waals surface area (Å²) in [6.07, 6.45) is 6.37. The molecule has 0 radical (unpaired) electrons. The van der Waals surface area contributed by atoms with Gasteiger partial charge in [0, 0.05) is 44.5 Å². The monoisotopic (exact) mass is 275 g/mol. The van der Waals surface area contributed by atoms with Crippen molar-refractivity contribution in [2.45, 2.75) is 26.2 Å². The second kappa shape index (κ2) is 7.03. The molecule has 0 aliphatic carbocycles. The maximum absolute atomic E-state index is 12.4. The fourth-order valence-electron chi connectivity index (χ4n) is 2.61. The van der Waals surface area contributed by atoms with Gasteiger partial charge in [-0.25, -0.2) is 0 Å². The first-order chi connectivity index (χ1) is 9.66. The molecule has 0 spiro atoms. The molecular weight excluding hydrogens is 254 g/mol. The Hall–Kier alpha value is -1.91. The number of hydrogen-bond acceptors (Lipinski definition) is 3. The average molecular weight is 275 g/mol.